The number of sulfonamides is 1. The van der Waals surface area contributed by atoms with Crippen molar-refractivity contribution < 1.29 is 12.8 Å². The predicted molar refractivity (Wildman–Crippen MR) is 115 cm³/mol. The number of aromatic nitrogens is 1. The van der Waals surface area contributed by atoms with Crippen molar-refractivity contribution in [3.63, 3.8) is 0 Å². The smallest absolute Gasteiger partial charge is 0.244 e. The fourth-order valence-electron chi connectivity index (χ4n) is 3.29. The first-order valence-corrected chi connectivity index (χ1v) is 11.8. The van der Waals surface area contributed by atoms with Gasteiger partial charge in [0, 0.05) is 37.1 Å². The summed E-state index contributed by atoms with van der Waals surface area (Å²) in [6.07, 6.45) is 0. The molecule has 1 saturated heterocycles. The summed E-state index contributed by atoms with van der Waals surface area (Å²) in [6.45, 7) is 3.73. The number of nitrogens with zero attached hydrogens (tertiary/aromatic N) is 3. The summed E-state index contributed by atoms with van der Waals surface area (Å²) in [5, 5.41) is 2.79. The highest BCUT2D eigenvalue weighted by atomic mass is 35.5. The number of piperazine rings is 1. The zero-order valence-electron chi connectivity index (χ0n) is 15.7. The van der Waals surface area contributed by atoms with Gasteiger partial charge in [0.25, 0.3) is 0 Å². The second-order valence-electron chi connectivity index (χ2n) is 6.85. The van der Waals surface area contributed by atoms with E-state index in [0.717, 1.165) is 28.5 Å². The van der Waals surface area contributed by atoms with Crippen LogP contribution in [0.25, 0.3) is 11.3 Å². The fourth-order valence-corrected chi connectivity index (χ4v) is 6.11. The van der Waals surface area contributed by atoms with Gasteiger partial charge in [-0.1, -0.05) is 35.4 Å². The summed E-state index contributed by atoms with van der Waals surface area (Å²) in [7, 11) is -3.77. The second-order valence-corrected chi connectivity index (χ2v) is 10.0. The van der Waals surface area contributed by atoms with Crippen LogP contribution in [0.1, 0.15) is 5.56 Å². The Balaban J connectivity index is 1.47. The summed E-state index contributed by atoms with van der Waals surface area (Å²) < 4.78 is 40.4. The second kappa shape index (κ2) is 8.02. The quantitative estimate of drug-likeness (QED) is 0.589. The minimum atomic E-state index is -3.77. The molecule has 2 aromatic carbocycles. The third kappa shape index (κ3) is 4.16. The highest BCUT2D eigenvalue weighted by Crippen LogP contribution is 2.30. The molecule has 0 saturated carbocycles. The standard InChI is InChI=1S/C20H19ClFN3O2S2/c1-14-3-2-4-15(11-14)18-13-28-20(23-18)24-7-9-25(10-8-24)29(26,27)19-6-5-16(22)12-17(19)21/h2-6,11-13H,7-10H2,1H3. The van der Waals surface area contributed by atoms with Crippen LogP contribution in [0.3, 0.4) is 0 Å². The Morgan fingerprint density at radius 1 is 1.10 bits per heavy atom. The molecule has 1 aromatic heterocycles. The van der Waals surface area contributed by atoms with Crippen LogP contribution in [-0.4, -0.2) is 43.9 Å². The summed E-state index contributed by atoms with van der Waals surface area (Å²) in [6, 6.07) is 11.5. The van der Waals surface area contributed by atoms with Crippen molar-refractivity contribution in [3.8, 4) is 11.3 Å². The van der Waals surface area contributed by atoms with Gasteiger partial charge in [0.1, 0.15) is 10.7 Å². The van der Waals surface area contributed by atoms with Crippen molar-refractivity contribution in [1.29, 1.82) is 0 Å². The number of hydrogen-bond donors (Lipinski definition) is 0. The molecule has 5 nitrogen and oxygen atoms in total. The van der Waals surface area contributed by atoms with Crippen molar-refractivity contribution in [2.24, 2.45) is 0 Å². The van der Waals surface area contributed by atoms with E-state index < -0.39 is 15.8 Å². The molecule has 2 heterocycles. The molecule has 0 atom stereocenters. The average Bonchev–Trinajstić information content (AvgIpc) is 3.18. The zero-order chi connectivity index (χ0) is 20.6. The minimum absolute atomic E-state index is 0.0648. The van der Waals surface area contributed by atoms with Crippen molar-refractivity contribution in [3.05, 3.63) is 64.2 Å². The van der Waals surface area contributed by atoms with Crippen molar-refractivity contribution >= 4 is 38.1 Å². The third-order valence-electron chi connectivity index (χ3n) is 4.83. The van der Waals surface area contributed by atoms with E-state index in [1.165, 1.54) is 15.9 Å². The number of anilines is 1. The van der Waals surface area contributed by atoms with Crippen LogP contribution in [0.5, 0.6) is 0 Å². The Labute approximate surface area is 178 Å². The Hall–Kier alpha value is -2.00. The van der Waals surface area contributed by atoms with E-state index in [2.05, 4.69) is 11.0 Å². The molecule has 0 N–H and O–H groups in total. The molecule has 1 fully saturated rings. The molecule has 4 rings (SSSR count). The fraction of sp³-hybridized carbons (Fsp3) is 0.250. The maximum absolute atomic E-state index is 13.3. The van der Waals surface area contributed by atoms with Gasteiger partial charge < -0.3 is 4.90 Å². The molecule has 0 aliphatic carbocycles. The average molecular weight is 452 g/mol. The SMILES string of the molecule is Cc1cccc(-c2csc(N3CCN(S(=O)(=O)c4ccc(F)cc4Cl)CC3)n2)c1. The third-order valence-corrected chi connectivity index (χ3v) is 8.11. The number of halogens is 2. The van der Waals surface area contributed by atoms with Crippen LogP contribution < -0.4 is 4.90 Å². The van der Waals surface area contributed by atoms with E-state index in [0.29, 0.717) is 26.2 Å². The lowest BCUT2D eigenvalue weighted by Gasteiger charge is -2.33. The van der Waals surface area contributed by atoms with Gasteiger partial charge in [-0.25, -0.2) is 17.8 Å². The van der Waals surface area contributed by atoms with Gasteiger partial charge in [0.05, 0.1) is 10.7 Å². The maximum atomic E-state index is 13.3. The van der Waals surface area contributed by atoms with Gasteiger partial charge in [-0.05, 0) is 31.2 Å². The van der Waals surface area contributed by atoms with Crippen molar-refractivity contribution in [1.82, 2.24) is 9.29 Å². The predicted octanol–water partition coefficient (Wildman–Crippen LogP) is 4.42. The largest absolute Gasteiger partial charge is 0.345 e. The Bertz CT molecular complexity index is 1140. The number of rotatable bonds is 4. The molecular formula is C20H19ClFN3O2S2. The van der Waals surface area contributed by atoms with Gasteiger partial charge in [-0.15, -0.1) is 11.3 Å². The maximum Gasteiger partial charge on any atom is 0.244 e. The molecule has 9 heteroatoms. The van der Waals surface area contributed by atoms with Crippen LogP contribution in [0.4, 0.5) is 9.52 Å². The van der Waals surface area contributed by atoms with E-state index in [1.54, 1.807) is 11.3 Å². The number of thiazole rings is 1. The van der Waals surface area contributed by atoms with Crippen LogP contribution in [0, 0.1) is 12.7 Å². The van der Waals surface area contributed by atoms with Crippen LogP contribution >= 0.6 is 22.9 Å². The molecule has 0 radical (unpaired) electrons. The zero-order valence-corrected chi connectivity index (χ0v) is 18.1. The van der Waals surface area contributed by atoms with Gasteiger partial charge in [-0.2, -0.15) is 4.31 Å². The molecule has 3 aromatic rings. The van der Waals surface area contributed by atoms with E-state index in [9.17, 15) is 12.8 Å². The summed E-state index contributed by atoms with van der Waals surface area (Å²) in [5.74, 6) is -0.563. The first-order chi connectivity index (χ1) is 13.8. The van der Waals surface area contributed by atoms with Crippen LogP contribution in [-0.2, 0) is 10.0 Å². The highest BCUT2D eigenvalue weighted by molar-refractivity contribution is 7.89. The first kappa shape index (κ1) is 20.3. The van der Waals surface area contributed by atoms with Crippen LogP contribution in [0.2, 0.25) is 5.02 Å². The molecule has 152 valence electrons. The van der Waals surface area contributed by atoms with Gasteiger partial charge in [-0.3, -0.25) is 0 Å². The molecule has 1 aliphatic rings. The Morgan fingerprint density at radius 2 is 1.86 bits per heavy atom. The van der Waals surface area contributed by atoms with E-state index in [4.69, 9.17) is 16.6 Å². The van der Waals surface area contributed by atoms with E-state index in [1.807, 2.05) is 30.5 Å². The topological polar surface area (TPSA) is 53.5 Å². The molecular weight excluding hydrogens is 433 g/mol. The molecule has 1 aliphatic heterocycles. The lowest BCUT2D eigenvalue weighted by atomic mass is 10.1. The van der Waals surface area contributed by atoms with Crippen molar-refractivity contribution in [2.45, 2.75) is 11.8 Å². The lowest BCUT2D eigenvalue weighted by molar-refractivity contribution is 0.384. The molecule has 0 bridgehead atoms. The summed E-state index contributed by atoms with van der Waals surface area (Å²) in [4.78, 5) is 6.75. The van der Waals surface area contributed by atoms with Crippen LogP contribution in [0.15, 0.2) is 52.7 Å². The first-order valence-electron chi connectivity index (χ1n) is 9.07. The lowest BCUT2D eigenvalue weighted by Crippen LogP contribution is -2.48. The summed E-state index contributed by atoms with van der Waals surface area (Å²) in [5.41, 5.74) is 3.16. The van der Waals surface area contributed by atoms with Gasteiger partial charge >= 0.3 is 0 Å². The minimum Gasteiger partial charge on any atom is -0.345 e. The molecule has 0 unspecified atom stereocenters. The van der Waals surface area contributed by atoms with Gasteiger partial charge in [0.15, 0.2) is 5.13 Å². The number of aryl methyl sites for hydroxylation is 1. The molecule has 0 spiro atoms. The van der Waals surface area contributed by atoms with E-state index >= 15 is 0 Å². The van der Waals surface area contributed by atoms with Crippen molar-refractivity contribution in [2.75, 3.05) is 31.1 Å². The normalized spacial score (nSPS) is 15.6. The number of benzene rings is 2. The summed E-state index contributed by atoms with van der Waals surface area (Å²) >= 11 is 7.52. The Kier molecular flexibility index (Phi) is 5.61. The number of hydrogen-bond acceptors (Lipinski definition) is 5. The molecule has 0 amide bonds. The monoisotopic (exact) mass is 451 g/mol. The Morgan fingerprint density at radius 3 is 2.55 bits per heavy atom. The van der Waals surface area contributed by atoms with Gasteiger partial charge in [0.2, 0.25) is 10.0 Å². The molecule has 29 heavy (non-hydrogen) atoms. The highest BCUT2D eigenvalue weighted by Gasteiger charge is 2.31. The van der Waals surface area contributed by atoms with E-state index in [-0.39, 0.29) is 9.92 Å².